The number of piperidine rings is 1. The van der Waals surface area contributed by atoms with Gasteiger partial charge in [-0.3, -0.25) is 9.59 Å². The van der Waals surface area contributed by atoms with Crippen molar-refractivity contribution in [3.05, 3.63) is 46.0 Å². The van der Waals surface area contributed by atoms with Crippen LogP contribution in [0.1, 0.15) is 33.8 Å². The van der Waals surface area contributed by atoms with Gasteiger partial charge in [0.25, 0.3) is 5.91 Å². The topological polar surface area (TPSA) is 53.8 Å². The third-order valence-corrected chi connectivity index (χ3v) is 5.60. The van der Waals surface area contributed by atoms with E-state index in [1.807, 2.05) is 11.9 Å². The summed E-state index contributed by atoms with van der Waals surface area (Å²) in [6, 6.07) is 5.47. The van der Waals surface area contributed by atoms with Crippen LogP contribution in [0.15, 0.2) is 34.3 Å². The highest BCUT2D eigenvalue weighted by atomic mass is 32.1. The van der Waals surface area contributed by atoms with Crippen molar-refractivity contribution >= 4 is 23.2 Å². The lowest BCUT2D eigenvalue weighted by molar-refractivity contribution is -0.136. The molecule has 1 aliphatic heterocycles. The lowest BCUT2D eigenvalue weighted by atomic mass is 9.95. The van der Waals surface area contributed by atoms with Gasteiger partial charge < -0.3 is 14.2 Å². The molecule has 0 N–H and O–H groups in total. The smallest absolute Gasteiger partial charge is 0.289 e. The van der Waals surface area contributed by atoms with Gasteiger partial charge in [-0.2, -0.15) is 0 Å². The van der Waals surface area contributed by atoms with Gasteiger partial charge >= 0.3 is 0 Å². The molecule has 1 saturated heterocycles. The van der Waals surface area contributed by atoms with Crippen LogP contribution >= 0.6 is 11.3 Å². The zero-order valence-corrected chi connectivity index (χ0v) is 14.8. The van der Waals surface area contributed by atoms with Gasteiger partial charge in [-0.15, -0.1) is 11.3 Å². The predicted molar refractivity (Wildman–Crippen MR) is 92.9 cm³/mol. The summed E-state index contributed by atoms with van der Waals surface area (Å²) in [5.41, 5.74) is 1.23. The minimum atomic E-state index is -0.0894. The Morgan fingerprint density at radius 2 is 2.08 bits per heavy atom. The Hall–Kier alpha value is -2.08. The molecule has 0 bridgehead atoms. The number of aryl methyl sites for hydroxylation is 1. The second-order valence-electron chi connectivity index (χ2n) is 6.26. The van der Waals surface area contributed by atoms with Crippen molar-refractivity contribution in [1.29, 1.82) is 0 Å². The number of hydrogen-bond acceptors (Lipinski definition) is 4. The molecule has 2 aromatic heterocycles. The number of furan rings is 1. The van der Waals surface area contributed by atoms with Crippen LogP contribution in [0.3, 0.4) is 0 Å². The molecular weight excluding hydrogens is 324 g/mol. The van der Waals surface area contributed by atoms with Crippen LogP contribution in [0, 0.1) is 12.8 Å². The summed E-state index contributed by atoms with van der Waals surface area (Å²) in [6.07, 6.45) is 2.92. The fourth-order valence-corrected chi connectivity index (χ4v) is 4.02. The van der Waals surface area contributed by atoms with Crippen LogP contribution in [-0.4, -0.2) is 41.8 Å². The third kappa shape index (κ3) is 3.53. The van der Waals surface area contributed by atoms with Gasteiger partial charge in [0, 0.05) is 30.9 Å². The fraction of sp³-hybridized carbons (Fsp3) is 0.444. The summed E-state index contributed by atoms with van der Waals surface area (Å²) < 4.78 is 5.17. The number of amides is 2. The van der Waals surface area contributed by atoms with Crippen LogP contribution < -0.4 is 0 Å². The molecule has 3 heterocycles. The SMILES string of the molecule is Cc1ccsc1CN(C)C(=O)C1CCN(C(=O)c2ccco2)CC1. The van der Waals surface area contributed by atoms with E-state index in [1.165, 1.54) is 16.7 Å². The highest BCUT2D eigenvalue weighted by Crippen LogP contribution is 2.23. The molecule has 128 valence electrons. The van der Waals surface area contributed by atoms with Gasteiger partial charge in [-0.1, -0.05) is 0 Å². The van der Waals surface area contributed by atoms with Gasteiger partial charge in [0.05, 0.1) is 12.8 Å². The Bertz CT molecular complexity index is 700. The van der Waals surface area contributed by atoms with Crippen molar-refractivity contribution in [2.24, 2.45) is 5.92 Å². The molecule has 0 radical (unpaired) electrons. The molecule has 2 aromatic rings. The monoisotopic (exact) mass is 346 g/mol. The summed E-state index contributed by atoms with van der Waals surface area (Å²) in [5.74, 6) is 0.447. The number of thiophene rings is 1. The molecule has 24 heavy (non-hydrogen) atoms. The first-order chi connectivity index (χ1) is 11.6. The molecule has 2 amide bonds. The number of carbonyl (C=O) groups excluding carboxylic acids is 2. The maximum Gasteiger partial charge on any atom is 0.289 e. The lowest BCUT2D eigenvalue weighted by Crippen LogP contribution is -2.43. The van der Waals surface area contributed by atoms with E-state index in [4.69, 9.17) is 4.42 Å². The number of carbonyl (C=O) groups is 2. The Morgan fingerprint density at radius 3 is 2.67 bits per heavy atom. The van der Waals surface area contributed by atoms with Gasteiger partial charge in [-0.25, -0.2) is 0 Å². The predicted octanol–water partition coefficient (Wildman–Crippen LogP) is 3.16. The van der Waals surface area contributed by atoms with Crippen molar-refractivity contribution in [2.75, 3.05) is 20.1 Å². The second kappa shape index (κ2) is 7.21. The Morgan fingerprint density at radius 1 is 1.33 bits per heavy atom. The Balaban J connectivity index is 1.53. The van der Waals surface area contributed by atoms with E-state index in [0.29, 0.717) is 38.2 Å². The molecule has 0 atom stereocenters. The number of likely N-dealkylation sites (tertiary alicyclic amines) is 1. The van der Waals surface area contributed by atoms with E-state index in [2.05, 4.69) is 18.4 Å². The van der Waals surface area contributed by atoms with Gasteiger partial charge in [-0.05, 0) is 48.9 Å². The molecule has 0 aromatic carbocycles. The van der Waals surface area contributed by atoms with Crippen molar-refractivity contribution in [1.82, 2.24) is 9.80 Å². The van der Waals surface area contributed by atoms with Crippen LogP contribution in [0.2, 0.25) is 0 Å². The zero-order chi connectivity index (χ0) is 17.1. The first-order valence-corrected chi connectivity index (χ1v) is 9.05. The molecular formula is C18H22N2O3S. The summed E-state index contributed by atoms with van der Waals surface area (Å²) in [7, 11) is 1.86. The Kier molecular flexibility index (Phi) is 5.04. The van der Waals surface area contributed by atoms with Gasteiger partial charge in [0.15, 0.2) is 5.76 Å². The average Bonchev–Trinajstić information content (AvgIpc) is 3.26. The second-order valence-corrected chi connectivity index (χ2v) is 7.27. The zero-order valence-electron chi connectivity index (χ0n) is 14.0. The van der Waals surface area contributed by atoms with Crippen LogP contribution in [0.5, 0.6) is 0 Å². The maximum atomic E-state index is 12.6. The molecule has 0 spiro atoms. The van der Waals surface area contributed by atoms with E-state index in [-0.39, 0.29) is 17.7 Å². The minimum absolute atomic E-state index is 0.00378. The Labute approximate surface area is 145 Å². The van der Waals surface area contributed by atoms with Crippen molar-refractivity contribution in [2.45, 2.75) is 26.3 Å². The van der Waals surface area contributed by atoms with E-state index >= 15 is 0 Å². The summed E-state index contributed by atoms with van der Waals surface area (Å²) >= 11 is 1.69. The minimum Gasteiger partial charge on any atom is -0.459 e. The highest BCUT2D eigenvalue weighted by Gasteiger charge is 2.30. The van der Waals surface area contributed by atoms with E-state index in [0.717, 1.165) is 0 Å². The van der Waals surface area contributed by atoms with Crippen LogP contribution in [-0.2, 0) is 11.3 Å². The van der Waals surface area contributed by atoms with Crippen molar-refractivity contribution < 1.29 is 14.0 Å². The van der Waals surface area contributed by atoms with E-state index in [9.17, 15) is 9.59 Å². The molecule has 5 nitrogen and oxygen atoms in total. The van der Waals surface area contributed by atoms with Crippen molar-refractivity contribution in [3.8, 4) is 0 Å². The first kappa shape index (κ1) is 16.8. The quantitative estimate of drug-likeness (QED) is 0.854. The normalized spacial score (nSPS) is 15.5. The molecule has 6 heteroatoms. The number of hydrogen-bond donors (Lipinski definition) is 0. The maximum absolute atomic E-state index is 12.6. The largest absolute Gasteiger partial charge is 0.459 e. The molecule has 0 unspecified atom stereocenters. The van der Waals surface area contributed by atoms with Crippen molar-refractivity contribution in [3.63, 3.8) is 0 Å². The number of rotatable bonds is 4. The summed E-state index contributed by atoms with van der Waals surface area (Å²) in [6.45, 7) is 3.93. The van der Waals surface area contributed by atoms with Gasteiger partial charge in [0.1, 0.15) is 0 Å². The first-order valence-electron chi connectivity index (χ1n) is 8.17. The van der Waals surface area contributed by atoms with E-state index < -0.39 is 0 Å². The molecule has 0 aliphatic carbocycles. The fourth-order valence-electron chi connectivity index (χ4n) is 3.06. The third-order valence-electron chi connectivity index (χ3n) is 4.59. The number of nitrogens with zero attached hydrogens (tertiary/aromatic N) is 2. The van der Waals surface area contributed by atoms with Crippen LogP contribution in [0.4, 0.5) is 0 Å². The lowest BCUT2D eigenvalue weighted by Gasteiger charge is -2.32. The van der Waals surface area contributed by atoms with E-state index in [1.54, 1.807) is 28.4 Å². The standard InChI is InChI=1S/C18H22N2O3S/c1-13-7-11-24-16(13)12-19(2)17(21)14-5-8-20(9-6-14)18(22)15-4-3-10-23-15/h3-4,7,10-11,14H,5-6,8-9,12H2,1-2H3. The molecule has 3 rings (SSSR count). The summed E-state index contributed by atoms with van der Waals surface area (Å²) in [4.78, 5) is 29.7. The molecule has 1 aliphatic rings. The van der Waals surface area contributed by atoms with Gasteiger partial charge in [0.2, 0.25) is 5.91 Å². The van der Waals surface area contributed by atoms with Crippen LogP contribution in [0.25, 0.3) is 0 Å². The highest BCUT2D eigenvalue weighted by molar-refractivity contribution is 7.10. The molecule has 1 fully saturated rings. The average molecular weight is 346 g/mol. The summed E-state index contributed by atoms with van der Waals surface area (Å²) in [5, 5.41) is 2.06. The molecule has 0 saturated carbocycles.